The van der Waals surface area contributed by atoms with Crippen LogP contribution in [0, 0.1) is 13.8 Å². The number of rotatable bonds is 8. The van der Waals surface area contributed by atoms with E-state index in [2.05, 4.69) is 35.8 Å². The number of hydrogen-bond donors (Lipinski definition) is 2. The predicted octanol–water partition coefficient (Wildman–Crippen LogP) is 2.20. The van der Waals surface area contributed by atoms with Gasteiger partial charge in [0, 0.05) is 0 Å². The Kier molecular flexibility index (Phi) is 6.48. The number of nitrogens with one attached hydrogen (secondary N) is 1. The molecule has 2 aromatic carbocycles. The van der Waals surface area contributed by atoms with Crippen molar-refractivity contribution in [3.8, 4) is 17.3 Å². The summed E-state index contributed by atoms with van der Waals surface area (Å²) in [5.41, 5.74) is 11.5. The summed E-state index contributed by atoms with van der Waals surface area (Å²) >= 11 is 0. The van der Waals surface area contributed by atoms with Crippen LogP contribution >= 0.6 is 0 Å². The van der Waals surface area contributed by atoms with E-state index in [0.717, 1.165) is 10.2 Å². The lowest BCUT2D eigenvalue weighted by Crippen LogP contribution is -2.22. The lowest BCUT2D eigenvalue weighted by atomic mass is 10.2. The minimum Gasteiger partial charge on any atom is -0.493 e. The molecule has 174 valence electrons. The highest BCUT2D eigenvalue weighted by Crippen LogP contribution is 2.28. The first-order chi connectivity index (χ1) is 16.5. The van der Waals surface area contributed by atoms with Crippen LogP contribution in [0.4, 0.5) is 5.82 Å². The van der Waals surface area contributed by atoms with Gasteiger partial charge >= 0.3 is 0 Å². The Labute approximate surface area is 194 Å². The number of amides is 1. The number of carbonyl (C=O) groups excluding carboxylic acids is 1. The summed E-state index contributed by atoms with van der Waals surface area (Å²) < 4.78 is 17.0. The quantitative estimate of drug-likeness (QED) is 0.296. The molecular formula is C22H22N8O4. The third-order valence-corrected chi connectivity index (χ3v) is 4.83. The van der Waals surface area contributed by atoms with E-state index in [1.165, 1.54) is 11.8 Å². The predicted molar refractivity (Wildman–Crippen MR) is 122 cm³/mol. The van der Waals surface area contributed by atoms with E-state index in [9.17, 15) is 4.79 Å². The number of aryl methyl sites for hydroxylation is 2. The zero-order valence-corrected chi connectivity index (χ0v) is 18.7. The summed E-state index contributed by atoms with van der Waals surface area (Å²) in [5.74, 6) is 0.592. The third kappa shape index (κ3) is 4.85. The summed E-state index contributed by atoms with van der Waals surface area (Å²) in [5, 5.41) is 18.9. The van der Waals surface area contributed by atoms with E-state index in [0.29, 0.717) is 29.4 Å². The van der Waals surface area contributed by atoms with Gasteiger partial charge in [0.2, 0.25) is 11.6 Å². The van der Waals surface area contributed by atoms with Gasteiger partial charge in [-0.3, -0.25) is 4.79 Å². The highest BCUT2D eigenvalue weighted by atomic mass is 16.6. The minimum atomic E-state index is -0.564. The van der Waals surface area contributed by atoms with Crippen molar-refractivity contribution in [3.05, 3.63) is 70.5 Å². The number of nitrogen functional groups attached to an aromatic ring is 1. The Morgan fingerprint density at radius 3 is 2.68 bits per heavy atom. The second-order valence-electron chi connectivity index (χ2n) is 7.29. The molecule has 0 aliphatic heterocycles. The van der Waals surface area contributed by atoms with E-state index >= 15 is 0 Å². The number of methoxy groups -OCH3 is 1. The second-order valence-corrected chi connectivity index (χ2v) is 7.29. The topological polar surface area (TPSA) is 156 Å². The van der Waals surface area contributed by atoms with Crippen LogP contribution in [0.2, 0.25) is 0 Å². The van der Waals surface area contributed by atoms with Crippen LogP contribution < -0.4 is 20.6 Å². The van der Waals surface area contributed by atoms with Gasteiger partial charge in [-0.1, -0.05) is 35.0 Å². The number of aromatic nitrogens is 5. The van der Waals surface area contributed by atoms with Crippen LogP contribution in [0.15, 0.2) is 52.2 Å². The van der Waals surface area contributed by atoms with Gasteiger partial charge in [-0.15, -0.1) is 5.10 Å². The molecule has 0 bridgehead atoms. The molecule has 12 nitrogen and oxygen atoms in total. The molecule has 0 spiro atoms. The molecule has 1 amide bonds. The molecular weight excluding hydrogens is 440 g/mol. The zero-order chi connectivity index (χ0) is 24.1. The maximum atomic E-state index is 12.7. The molecule has 4 rings (SSSR count). The first-order valence-electron chi connectivity index (χ1n) is 10.2. The second kappa shape index (κ2) is 9.81. The Morgan fingerprint density at radius 2 is 1.97 bits per heavy atom. The van der Waals surface area contributed by atoms with Gasteiger partial charge in [-0.05, 0) is 53.5 Å². The Balaban J connectivity index is 1.43. The average molecular weight is 462 g/mol. The zero-order valence-electron chi connectivity index (χ0n) is 18.7. The first kappa shape index (κ1) is 22.5. The van der Waals surface area contributed by atoms with E-state index in [4.69, 9.17) is 15.2 Å². The van der Waals surface area contributed by atoms with E-state index in [-0.39, 0.29) is 17.3 Å². The van der Waals surface area contributed by atoms with Crippen molar-refractivity contribution in [2.75, 3.05) is 12.8 Å². The van der Waals surface area contributed by atoms with Crippen molar-refractivity contribution < 1.29 is 18.9 Å². The SMILES string of the molecule is COc1cc(/C=N\NC(=O)c2c(C)nnn2-c2nonc2N)ccc1OCc1ccc(C)cc1. The van der Waals surface area contributed by atoms with Crippen molar-refractivity contribution in [2.45, 2.75) is 20.5 Å². The summed E-state index contributed by atoms with van der Waals surface area (Å²) in [6, 6.07) is 13.4. The van der Waals surface area contributed by atoms with Crippen molar-refractivity contribution >= 4 is 17.9 Å². The molecule has 0 aliphatic rings. The van der Waals surface area contributed by atoms with Gasteiger partial charge in [0.15, 0.2) is 17.2 Å². The summed E-state index contributed by atoms with van der Waals surface area (Å²) in [6.45, 7) is 4.06. The average Bonchev–Trinajstić information content (AvgIpc) is 3.43. The third-order valence-electron chi connectivity index (χ3n) is 4.83. The molecule has 2 aromatic heterocycles. The van der Waals surface area contributed by atoms with Gasteiger partial charge in [0.1, 0.15) is 6.61 Å². The fraction of sp³-hybridized carbons (Fsp3) is 0.182. The van der Waals surface area contributed by atoms with Crippen molar-refractivity contribution in [2.24, 2.45) is 5.10 Å². The molecule has 0 unspecified atom stereocenters. The summed E-state index contributed by atoms with van der Waals surface area (Å²) in [7, 11) is 1.55. The molecule has 0 saturated heterocycles. The number of anilines is 1. The van der Waals surface area contributed by atoms with Crippen LogP contribution in [0.1, 0.15) is 32.9 Å². The first-order valence-corrected chi connectivity index (χ1v) is 10.2. The van der Waals surface area contributed by atoms with Crippen molar-refractivity contribution in [3.63, 3.8) is 0 Å². The van der Waals surface area contributed by atoms with Crippen molar-refractivity contribution in [1.82, 2.24) is 30.7 Å². The number of carbonyl (C=O) groups is 1. The fourth-order valence-corrected chi connectivity index (χ4v) is 3.05. The molecule has 0 radical (unpaired) electrons. The number of ether oxygens (including phenoxy) is 2. The lowest BCUT2D eigenvalue weighted by molar-refractivity contribution is 0.0946. The standard InChI is InChI=1S/C22H22N8O4/c1-13-4-6-15(7-5-13)12-33-17-9-8-16(10-18(17)32-3)11-24-26-22(31)19-14(2)25-29-30(19)21-20(23)27-34-28-21/h4-11H,12H2,1-3H3,(H2,23,27)(H,26,31)/b24-11-. The van der Waals surface area contributed by atoms with Gasteiger partial charge in [0.25, 0.3) is 5.91 Å². The Bertz CT molecular complexity index is 1330. The number of nitrogens with two attached hydrogens (primary N) is 1. The van der Waals surface area contributed by atoms with E-state index < -0.39 is 5.91 Å². The van der Waals surface area contributed by atoms with Crippen molar-refractivity contribution in [1.29, 1.82) is 0 Å². The van der Waals surface area contributed by atoms with Crippen LogP contribution in [0.25, 0.3) is 5.82 Å². The molecule has 0 fully saturated rings. The number of hydrazone groups is 1. The number of nitrogens with zero attached hydrogens (tertiary/aromatic N) is 6. The van der Waals surface area contributed by atoms with Gasteiger partial charge in [0.05, 0.1) is 19.0 Å². The largest absolute Gasteiger partial charge is 0.493 e. The van der Waals surface area contributed by atoms with Gasteiger partial charge in [-0.2, -0.15) is 9.78 Å². The summed E-state index contributed by atoms with van der Waals surface area (Å²) in [4.78, 5) is 12.7. The van der Waals surface area contributed by atoms with Gasteiger partial charge in [-0.25, -0.2) is 10.1 Å². The molecule has 4 aromatic rings. The number of hydrogen-bond acceptors (Lipinski definition) is 10. The van der Waals surface area contributed by atoms with E-state index in [1.807, 2.05) is 31.2 Å². The van der Waals surface area contributed by atoms with E-state index in [1.54, 1.807) is 32.2 Å². The molecule has 34 heavy (non-hydrogen) atoms. The fourth-order valence-electron chi connectivity index (χ4n) is 3.05. The molecule has 0 atom stereocenters. The highest BCUT2D eigenvalue weighted by molar-refractivity contribution is 5.94. The Hall–Kier alpha value is -4.74. The number of benzene rings is 2. The molecule has 3 N–H and O–H groups in total. The van der Waals surface area contributed by atoms with Crippen LogP contribution in [-0.2, 0) is 6.61 Å². The molecule has 12 heteroatoms. The highest BCUT2D eigenvalue weighted by Gasteiger charge is 2.22. The van der Waals surface area contributed by atoms with Gasteiger partial charge < -0.3 is 15.2 Å². The maximum Gasteiger partial charge on any atom is 0.292 e. The van der Waals surface area contributed by atoms with Crippen LogP contribution in [-0.4, -0.2) is 44.5 Å². The molecule has 0 aliphatic carbocycles. The smallest absolute Gasteiger partial charge is 0.292 e. The maximum absolute atomic E-state index is 12.7. The molecule has 0 saturated carbocycles. The lowest BCUT2D eigenvalue weighted by Gasteiger charge is -2.11. The summed E-state index contributed by atoms with van der Waals surface area (Å²) in [6.07, 6.45) is 1.47. The molecule has 2 heterocycles. The Morgan fingerprint density at radius 1 is 1.18 bits per heavy atom. The van der Waals surface area contributed by atoms with Crippen LogP contribution in [0.5, 0.6) is 11.5 Å². The minimum absolute atomic E-state index is 0.0285. The normalized spacial score (nSPS) is 11.0. The van der Waals surface area contributed by atoms with Crippen LogP contribution in [0.3, 0.4) is 0 Å². The monoisotopic (exact) mass is 462 g/mol.